The fraction of sp³-hybridized carbons (Fsp3) is 0.179. The number of nitrogens with zero attached hydrogens (tertiary/aromatic N) is 1. The molecule has 13 rings (SSSR count). The molecule has 1 nitrogen and oxygen atoms in total. The van der Waals surface area contributed by atoms with Crippen LogP contribution in [0.1, 0.15) is 44.1 Å². The van der Waals surface area contributed by atoms with Gasteiger partial charge in [0.1, 0.15) is 0 Å². The Kier molecular flexibility index (Phi) is 7.98. The van der Waals surface area contributed by atoms with Gasteiger partial charge in [-0.25, -0.2) is 0 Å². The van der Waals surface area contributed by atoms with Crippen molar-refractivity contribution < 1.29 is 0 Å². The molecule has 4 aliphatic rings. The van der Waals surface area contributed by atoms with Crippen molar-refractivity contribution in [1.82, 2.24) is 0 Å². The molecule has 8 aromatic carbocycles. The topological polar surface area (TPSA) is 3.24 Å². The second-order valence-corrected chi connectivity index (χ2v) is 18.6. The van der Waals surface area contributed by atoms with Crippen LogP contribution in [-0.2, 0) is 5.41 Å². The van der Waals surface area contributed by atoms with E-state index in [0.717, 1.165) is 29.1 Å². The third-order valence-electron chi connectivity index (χ3n) is 14.0. The van der Waals surface area contributed by atoms with E-state index in [4.69, 9.17) is 0 Å². The van der Waals surface area contributed by atoms with Crippen molar-refractivity contribution in [3.8, 4) is 33.4 Å². The smallest absolute Gasteiger partial charge is 0.0640 e. The van der Waals surface area contributed by atoms with Gasteiger partial charge in [-0.05, 0) is 148 Å². The minimum absolute atomic E-state index is 0.429. The minimum atomic E-state index is 0.429. The van der Waals surface area contributed by atoms with Gasteiger partial charge in [-0.1, -0.05) is 146 Å². The summed E-state index contributed by atoms with van der Waals surface area (Å²) >= 11 is 1.89. The van der Waals surface area contributed by atoms with Crippen molar-refractivity contribution in [3.63, 3.8) is 0 Å². The lowest BCUT2D eigenvalue weighted by Gasteiger charge is -2.57. The van der Waals surface area contributed by atoms with Crippen molar-refractivity contribution in [1.29, 1.82) is 0 Å². The Bertz CT molecular complexity index is 2920. The number of anilines is 3. The quantitative estimate of drug-likeness (QED) is 0.156. The Morgan fingerprint density at radius 1 is 0.431 bits per heavy atom. The van der Waals surface area contributed by atoms with Crippen molar-refractivity contribution in [2.24, 2.45) is 17.8 Å². The molecular weight excluding hydrogens is 719 g/mol. The first-order valence-corrected chi connectivity index (χ1v) is 22.1. The zero-order valence-corrected chi connectivity index (χ0v) is 33.5. The SMILES string of the molecule is c1ccc(-c2cccc3cccc(-c4ccc(N(c5ccc(-c6ccc(C78CC9CC(CC(C9)C7)C8)cc6)cc5)c5cccc6c5sc5ccccc56)cc4)c23)cc1. The zero-order chi connectivity index (χ0) is 38.2. The normalized spacial score (nSPS) is 20.9. The molecule has 0 N–H and O–H groups in total. The van der Waals surface area contributed by atoms with Crippen molar-refractivity contribution in [2.45, 2.75) is 43.9 Å². The lowest BCUT2D eigenvalue weighted by Crippen LogP contribution is -2.48. The van der Waals surface area contributed by atoms with Crippen LogP contribution < -0.4 is 4.90 Å². The lowest BCUT2D eigenvalue weighted by atomic mass is 9.48. The van der Waals surface area contributed by atoms with Gasteiger partial charge < -0.3 is 4.90 Å². The van der Waals surface area contributed by atoms with E-state index in [-0.39, 0.29) is 0 Å². The van der Waals surface area contributed by atoms with Gasteiger partial charge in [0.05, 0.1) is 10.4 Å². The molecule has 0 spiro atoms. The molecule has 4 saturated carbocycles. The number of benzene rings is 8. The van der Waals surface area contributed by atoms with E-state index in [9.17, 15) is 0 Å². The third kappa shape index (κ3) is 5.64. The molecule has 2 heteroatoms. The predicted octanol–water partition coefficient (Wildman–Crippen LogP) is 16.1. The van der Waals surface area contributed by atoms with Crippen LogP contribution in [0.5, 0.6) is 0 Å². The van der Waals surface area contributed by atoms with Crippen LogP contribution in [0.3, 0.4) is 0 Å². The van der Waals surface area contributed by atoms with Crippen molar-refractivity contribution in [3.05, 3.63) is 188 Å². The molecule has 280 valence electrons. The summed E-state index contributed by atoms with van der Waals surface area (Å²) in [5, 5.41) is 5.16. The van der Waals surface area contributed by atoms with Crippen LogP contribution in [0.15, 0.2) is 182 Å². The Labute approximate surface area is 345 Å². The molecule has 0 saturated heterocycles. The molecule has 0 unspecified atom stereocenters. The highest BCUT2D eigenvalue weighted by molar-refractivity contribution is 7.26. The molecule has 4 bridgehead atoms. The summed E-state index contributed by atoms with van der Waals surface area (Å²) in [6.07, 6.45) is 8.69. The first-order valence-electron chi connectivity index (χ1n) is 21.2. The number of thiophene rings is 1. The number of hydrogen-bond donors (Lipinski definition) is 0. The van der Waals surface area contributed by atoms with Gasteiger partial charge in [0.15, 0.2) is 0 Å². The Morgan fingerprint density at radius 2 is 0.948 bits per heavy atom. The molecule has 0 aliphatic heterocycles. The average molecular weight is 764 g/mol. The summed E-state index contributed by atoms with van der Waals surface area (Å²) in [4.78, 5) is 2.46. The standard InChI is InChI=1S/C56H45NS/c1-2-9-42(10-3-1)48-14-6-11-44-12-7-15-49(54(44)48)43-23-29-47(30-24-43)57(52-17-8-16-51-50-13-4-5-18-53(50)58-55(51)52)46-27-21-41(22-28-46)40-19-25-45(26-20-40)56-34-37-31-38(35-56)33-39(32-37)36-56/h1-30,37-39H,31-36H2. The van der Waals surface area contributed by atoms with Crippen LogP contribution in [0, 0.1) is 17.8 Å². The van der Waals surface area contributed by atoms with Crippen LogP contribution in [0.2, 0.25) is 0 Å². The fourth-order valence-electron chi connectivity index (χ4n) is 11.8. The maximum Gasteiger partial charge on any atom is 0.0640 e. The van der Waals surface area contributed by atoms with E-state index in [2.05, 4.69) is 187 Å². The highest BCUT2D eigenvalue weighted by atomic mass is 32.1. The second kappa shape index (κ2) is 13.6. The fourth-order valence-corrected chi connectivity index (χ4v) is 13.1. The van der Waals surface area contributed by atoms with E-state index >= 15 is 0 Å². The monoisotopic (exact) mass is 763 g/mol. The lowest BCUT2D eigenvalue weighted by molar-refractivity contribution is -0.00518. The van der Waals surface area contributed by atoms with E-state index < -0.39 is 0 Å². The molecule has 0 radical (unpaired) electrons. The van der Waals surface area contributed by atoms with Gasteiger partial charge in [0.2, 0.25) is 0 Å². The molecule has 1 aromatic heterocycles. The van der Waals surface area contributed by atoms with Crippen molar-refractivity contribution in [2.75, 3.05) is 4.90 Å². The summed E-state index contributed by atoms with van der Waals surface area (Å²) in [6, 6.07) is 68.0. The van der Waals surface area contributed by atoms with Gasteiger partial charge >= 0.3 is 0 Å². The summed E-state index contributed by atoms with van der Waals surface area (Å²) in [7, 11) is 0. The molecule has 58 heavy (non-hydrogen) atoms. The summed E-state index contributed by atoms with van der Waals surface area (Å²) in [5.74, 6) is 2.88. The summed E-state index contributed by atoms with van der Waals surface area (Å²) in [6.45, 7) is 0. The minimum Gasteiger partial charge on any atom is -0.309 e. The van der Waals surface area contributed by atoms with Crippen LogP contribution in [0.4, 0.5) is 17.1 Å². The molecule has 4 aliphatic carbocycles. The predicted molar refractivity (Wildman–Crippen MR) is 248 cm³/mol. The molecule has 4 fully saturated rings. The molecular formula is C56H45NS. The molecule has 0 atom stereocenters. The zero-order valence-electron chi connectivity index (χ0n) is 32.7. The number of rotatable bonds is 7. The van der Waals surface area contributed by atoms with Gasteiger partial charge in [0, 0.05) is 26.8 Å². The highest BCUT2D eigenvalue weighted by Gasteiger charge is 2.51. The largest absolute Gasteiger partial charge is 0.309 e. The van der Waals surface area contributed by atoms with Gasteiger partial charge in [-0.3, -0.25) is 0 Å². The van der Waals surface area contributed by atoms with E-state index in [1.165, 1.54) is 109 Å². The maximum atomic E-state index is 2.48. The van der Waals surface area contributed by atoms with E-state index in [0.29, 0.717) is 5.41 Å². The van der Waals surface area contributed by atoms with E-state index in [1.807, 2.05) is 11.3 Å². The Hall–Kier alpha value is -5.96. The second-order valence-electron chi connectivity index (χ2n) is 17.5. The van der Waals surface area contributed by atoms with Crippen LogP contribution >= 0.6 is 11.3 Å². The molecule has 0 amide bonds. The van der Waals surface area contributed by atoms with Crippen molar-refractivity contribution >= 4 is 59.3 Å². The van der Waals surface area contributed by atoms with E-state index in [1.54, 1.807) is 5.56 Å². The first kappa shape index (κ1) is 34.1. The first-order chi connectivity index (χ1) is 28.7. The van der Waals surface area contributed by atoms with Gasteiger partial charge in [-0.15, -0.1) is 11.3 Å². The van der Waals surface area contributed by atoms with Crippen LogP contribution in [0.25, 0.3) is 64.3 Å². The summed E-state index contributed by atoms with van der Waals surface area (Å²) in [5.41, 5.74) is 13.1. The molecule has 9 aromatic rings. The Balaban J connectivity index is 0.931. The van der Waals surface area contributed by atoms with Gasteiger partial charge in [0.25, 0.3) is 0 Å². The molecule has 1 heterocycles. The van der Waals surface area contributed by atoms with Gasteiger partial charge in [-0.2, -0.15) is 0 Å². The maximum absolute atomic E-state index is 2.48. The third-order valence-corrected chi connectivity index (χ3v) is 15.3. The highest BCUT2D eigenvalue weighted by Crippen LogP contribution is 2.61. The number of hydrogen-bond acceptors (Lipinski definition) is 2. The summed E-state index contributed by atoms with van der Waals surface area (Å²) < 4.78 is 2.62. The Morgan fingerprint density at radius 3 is 1.59 bits per heavy atom. The average Bonchev–Trinajstić information content (AvgIpc) is 3.66. The van der Waals surface area contributed by atoms with Crippen LogP contribution in [-0.4, -0.2) is 0 Å². The number of fused-ring (bicyclic) bond motifs is 4.